The topological polar surface area (TPSA) is 20.2 Å². The number of hydrogen-bond acceptors (Lipinski definition) is 1. The van der Waals surface area contributed by atoms with E-state index in [1.54, 1.807) is 0 Å². The minimum Gasteiger partial charge on any atom is -0.396 e. The van der Waals surface area contributed by atoms with Gasteiger partial charge in [-0.15, -0.1) is 0 Å². The Bertz CT molecular complexity index is 540. The Kier molecular flexibility index (Phi) is 3.88. The second kappa shape index (κ2) is 5.80. The molecule has 0 fully saturated rings. The van der Waals surface area contributed by atoms with Crippen LogP contribution in [0.4, 0.5) is 0 Å². The molecule has 0 aliphatic heterocycles. The average Bonchev–Trinajstić information content (AvgIpc) is 2.51. The molecule has 0 heterocycles. The minimum atomic E-state index is 0.276. The summed E-state index contributed by atoms with van der Waals surface area (Å²) in [6.45, 7) is 2.55. The molecule has 1 heteroatoms. The van der Waals surface area contributed by atoms with Crippen LogP contribution in [0.3, 0.4) is 0 Å². The molecule has 1 N–H and O–H groups in total. The summed E-state index contributed by atoms with van der Waals surface area (Å²) in [6, 6.07) is 17.7. The first-order chi connectivity index (χ1) is 9.86. The van der Waals surface area contributed by atoms with Crippen molar-refractivity contribution in [3.05, 3.63) is 70.8 Å². The Hall–Kier alpha value is -1.60. The third kappa shape index (κ3) is 2.16. The lowest BCUT2D eigenvalue weighted by Gasteiger charge is -2.34. The van der Waals surface area contributed by atoms with Crippen molar-refractivity contribution in [1.29, 1.82) is 0 Å². The largest absolute Gasteiger partial charge is 0.396 e. The van der Waals surface area contributed by atoms with Crippen LogP contribution >= 0.6 is 0 Å². The summed E-state index contributed by atoms with van der Waals surface area (Å²) >= 11 is 0. The highest BCUT2D eigenvalue weighted by molar-refractivity contribution is 5.52. The highest BCUT2D eigenvalue weighted by Gasteiger charge is 2.30. The summed E-state index contributed by atoms with van der Waals surface area (Å²) in [4.78, 5) is 0. The Morgan fingerprint density at radius 2 is 1.25 bits per heavy atom. The van der Waals surface area contributed by atoms with Gasteiger partial charge in [0.05, 0.1) is 0 Å². The van der Waals surface area contributed by atoms with Gasteiger partial charge < -0.3 is 5.11 Å². The van der Waals surface area contributed by atoms with E-state index in [2.05, 4.69) is 55.5 Å². The predicted molar refractivity (Wildman–Crippen MR) is 83.2 cm³/mol. The van der Waals surface area contributed by atoms with E-state index in [1.807, 2.05) is 0 Å². The van der Waals surface area contributed by atoms with Gasteiger partial charge in [-0.3, -0.25) is 0 Å². The van der Waals surface area contributed by atoms with Gasteiger partial charge in [0.15, 0.2) is 0 Å². The maximum atomic E-state index is 9.19. The number of aliphatic hydroxyl groups excluding tert-OH is 1. The Labute approximate surface area is 121 Å². The second-order valence-corrected chi connectivity index (χ2v) is 5.64. The van der Waals surface area contributed by atoms with Crippen molar-refractivity contribution in [3.8, 4) is 0 Å². The van der Waals surface area contributed by atoms with Crippen molar-refractivity contribution in [2.24, 2.45) is 0 Å². The van der Waals surface area contributed by atoms with Crippen molar-refractivity contribution in [1.82, 2.24) is 0 Å². The minimum absolute atomic E-state index is 0.276. The zero-order chi connectivity index (χ0) is 13.9. The maximum absolute atomic E-state index is 9.19. The van der Waals surface area contributed by atoms with Crippen LogP contribution in [-0.2, 0) is 0 Å². The lowest BCUT2D eigenvalue weighted by molar-refractivity contribution is 0.281. The van der Waals surface area contributed by atoms with E-state index < -0.39 is 0 Å². The zero-order valence-corrected chi connectivity index (χ0v) is 12.0. The summed E-state index contributed by atoms with van der Waals surface area (Å²) in [5, 5.41) is 9.19. The number of rotatable bonds is 4. The summed E-state index contributed by atoms with van der Waals surface area (Å²) in [5.41, 5.74) is 5.89. The van der Waals surface area contributed by atoms with Crippen LogP contribution in [-0.4, -0.2) is 11.7 Å². The van der Waals surface area contributed by atoms with Crippen LogP contribution in [0.1, 0.15) is 60.3 Å². The van der Waals surface area contributed by atoms with Gasteiger partial charge in [0.2, 0.25) is 0 Å². The van der Waals surface area contributed by atoms with Crippen molar-refractivity contribution < 1.29 is 5.11 Å². The Balaban J connectivity index is 2.13. The zero-order valence-electron chi connectivity index (χ0n) is 12.0. The first kappa shape index (κ1) is 13.4. The molecule has 0 spiro atoms. The first-order valence-electron chi connectivity index (χ1n) is 7.65. The van der Waals surface area contributed by atoms with Gasteiger partial charge in [0.25, 0.3) is 0 Å². The van der Waals surface area contributed by atoms with Gasteiger partial charge in [0, 0.05) is 18.4 Å². The van der Waals surface area contributed by atoms with Crippen LogP contribution in [0.25, 0.3) is 0 Å². The van der Waals surface area contributed by atoms with Gasteiger partial charge in [0.1, 0.15) is 0 Å². The molecule has 0 unspecified atom stereocenters. The van der Waals surface area contributed by atoms with Crippen molar-refractivity contribution in [2.75, 3.05) is 6.61 Å². The van der Waals surface area contributed by atoms with E-state index in [1.165, 1.54) is 22.3 Å². The van der Waals surface area contributed by atoms with Gasteiger partial charge >= 0.3 is 0 Å². The average molecular weight is 266 g/mol. The molecule has 0 amide bonds. The molecule has 2 aromatic carbocycles. The fourth-order valence-corrected chi connectivity index (χ4v) is 3.67. The number of aliphatic hydroxyl groups is 1. The number of fused-ring (bicyclic) bond motifs is 2. The Morgan fingerprint density at radius 3 is 1.65 bits per heavy atom. The summed E-state index contributed by atoms with van der Waals surface area (Å²) in [7, 11) is 0. The van der Waals surface area contributed by atoms with Crippen molar-refractivity contribution in [3.63, 3.8) is 0 Å². The van der Waals surface area contributed by atoms with E-state index in [-0.39, 0.29) is 6.61 Å². The molecule has 1 nitrogen and oxygen atoms in total. The molecule has 0 bridgehead atoms. The summed E-state index contributed by atoms with van der Waals surface area (Å²) < 4.78 is 0. The van der Waals surface area contributed by atoms with E-state index in [0.29, 0.717) is 11.8 Å². The van der Waals surface area contributed by atoms with Crippen LogP contribution in [0.5, 0.6) is 0 Å². The highest BCUT2D eigenvalue weighted by atomic mass is 16.2. The maximum Gasteiger partial charge on any atom is 0.0431 e. The van der Waals surface area contributed by atoms with Crippen LogP contribution in [0.15, 0.2) is 48.5 Å². The molecule has 1 aliphatic rings. The SMILES string of the molecule is CCC1c2ccccc2C(CCCO)c2ccccc21. The fourth-order valence-electron chi connectivity index (χ4n) is 3.67. The molecule has 1 aliphatic carbocycles. The third-order valence-electron chi connectivity index (χ3n) is 4.55. The second-order valence-electron chi connectivity index (χ2n) is 5.64. The molecule has 104 valence electrons. The molecule has 3 rings (SSSR count). The van der Waals surface area contributed by atoms with Crippen LogP contribution in [0, 0.1) is 0 Å². The third-order valence-corrected chi connectivity index (χ3v) is 4.55. The van der Waals surface area contributed by atoms with E-state index >= 15 is 0 Å². The first-order valence-corrected chi connectivity index (χ1v) is 7.65. The quantitative estimate of drug-likeness (QED) is 0.867. The number of benzene rings is 2. The Morgan fingerprint density at radius 1 is 0.800 bits per heavy atom. The van der Waals surface area contributed by atoms with Crippen molar-refractivity contribution in [2.45, 2.75) is 38.0 Å². The standard InChI is InChI=1S/C19H22O/c1-2-14-15-8-3-5-10-17(15)19(12-7-13-20)18-11-6-4-9-16(14)18/h3-6,8-11,14,19-20H,2,7,12-13H2,1H3. The molecule has 0 atom stereocenters. The van der Waals surface area contributed by atoms with Gasteiger partial charge in [-0.1, -0.05) is 55.5 Å². The predicted octanol–water partition coefficient (Wildman–Crippen LogP) is 4.45. The molecule has 0 aromatic heterocycles. The van der Waals surface area contributed by atoms with Gasteiger partial charge in [-0.2, -0.15) is 0 Å². The molecule has 0 saturated carbocycles. The lowest BCUT2D eigenvalue weighted by Crippen LogP contribution is -2.18. The molecule has 0 saturated heterocycles. The molecular weight excluding hydrogens is 244 g/mol. The van der Waals surface area contributed by atoms with E-state index in [9.17, 15) is 5.11 Å². The van der Waals surface area contributed by atoms with Crippen LogP contribution < -0.4 is 0 Å². The monoisotopic (exact) mass is 266 g/mol. The fraction of sp³-hybridized carbons (Fsp3) is 0.368. The highest BCUT2D eigenvalue weighted by Crippen LogP contribution is 2.46. The lowest BCUT2D eigenvalue weighted by atomic mass is 9.70. The smallest absolute Gasteiger partial charge is 0.0431 e. The normalized spacial score (nSPS) is 20.3. The van der Waals surface area contributed by atoms with E-state index in [0.717, 1.165) is 19.3 Å². The number of hydrogen-bond donors (Lipinski definition) is 1. The van der Waals surface area contributed by atoms with Crippen molar-refractivity contribution >= 4 is 0 Å². The van der Waals surface area contributed by atoms with Gasteiger partial charge in [-0.25, -0.2) is 0 Å². The molecular formula is C19H22O. The van der Waals surface area contributed by atoms with Gasteiger partial charge in [-0.05, 0) is 41.5 Å². The molecule has 20 heavy (non-hydrogen) atoms. The molecule has 0 radical (unpaired) electrons. The van der Waals surface area contributed by atoms with E-state index in [4.69, 9.17) is 0 Å². The van der Waals surface area contributed by atoms with Crippen LogP contribution in [0.2, 0.25) is 0 Å². The summed E-state index contributed by atoms with van der Waals surface area (Å²) in [5.74, 6) is 0.963. The summed E-state index contributed by atoms with van der Waals surface area (Å²) in [6.07, 6.45) is 3.03. The molecule has 2 aromatic rings.